The summed E-state index contributed by atoms with van der Waals surface area (Å²) < 4.78 is 27.1. The average Bonchev–Trinajstić information content (AvgIpc) is 3.16. The van der Waals surface area contributed by atoms with Crippen LogP contribution in [0.3, 0.4) is 0 Å². The summed E-state index contributed by atoms with van der Waals surface area (Å²) in [4.78, 5) is 26.3. The predicted molar refractivity (Wildman–Crippen MR) is 116 cm³/mol. The molecule has 2 aromatic carbocycles. The number of likely N-dealkylation sites (N-methyl/N-ethyl adjacent to an activating group) is 1. The van der Waals surface area contributed by atoms with Gasteiger partial charge in [0, 0.05) is 10.9 Å². The van der Waals surface area contributed by atoms with E-state index in [0.29, 0.717) is 28.4 Å². The molecule has 0 bridgehead atoms. The highest BCUT2D eigenvalue weighted by Gasteiger charge is 2.27. The van der Waals surface area contributed by atoms with Crippen LogP contribution in [0, 0.1) is 0 Å². The molecule has 1 aromatic heterocycles. The first-order valence-corrected chi connectivity index (χ1v) is 9.68. The van der Waals surface area contributed by atoms with Crippen LogP contribution < -0.4 is 18.9 Å². The molecule has 0 fully saturated rings. The van der Waals surface area contributed by atoms with Gasteiger partial charge in [0.2, 0.25) is 11.5 Å². The number of ketones is 1. The van der Waals surface area contributed by atoms with E-state index in [1.54, 1.807) is 36.2 Å². The van der Waals surface area contributed by atoms with Gasteiger partial charge in [0.05, 0.1) is 47.1 Å². The Balaban J connectivity index is 2.23. The van der Waals surface area contributed by atoms with Crippen molar-refractivity contribution >= 4 is 23.0 Å². The number of furan rings is 1. The van der Waals surface area contributed by atoms with Crippen LogP contribution in [0.25, 0.3) is 11.0 Å². The molecule has 0 aliphatic rings. The van der Waals surface area contributed by atoms with Crippen molar-refractivity contribution in [1.29, 1.82) is 0 Å². The van der Waals surface area contributed by atoms with Gasteiger partial charge >= 0.3 is 0 Å². The molecule has 3 rings (SSSR count). The number of fused-ring (bicyclic) bond motifs is 1. The maximum atomic E-state index is 13.7. The van der Waals surface area contributed by atoms with E-state index < -0.39 is 0 Å². The topological polar surface area (TPSA) is 108 Å². The van der Waals surface area contributed by atoms with Gasteiger partial charge in [-0.3, -0.25) is 9.69 Å². The first-order valence-electron chi connectivity index (χ1n) is 9.68. The average molecular weight is 443 g/mol. The molecule has 0 saturated carbocycles. The molecule has 1 heterocycles. The minimum Gasteiger partial charge on any atom is -0.502 e. The van der Waals surface area contributed by atoms with Crippen molar-refractivity contribution in [2.75, 3.05) is 42.0 Å². The van der Waals surface area contributed by atoms with E-state index >= 15 is 0 Å². The van der Waals surface area contributed by atoms with E-state index in [-0.39, 0.29) is 47.1 Å². The molecule has 9 nitrogen and oxygen atoms in total. The van der Waals surface area contributed by atoms with Crippen molar-refractivity contribution in [3.63, 3.8) is 0 Å². The summed E-state index contributed by atoms with van der Waals surface area (Å²) in [6.07, 6.45) is 0.754. The third-order valence-electron chi connectivity index (χ3n) is 5.04. The van der Waals surface area contributed by atoms with E-state index in [1.807, 2.05) is 0 Å². The third kappa shape index (κ3) is 4.06. The lowest BCUT2D eigenvalue weighted by atomic mass is 9.98. The molecule has 0 atom stereocenters. The zero-order valence-electron chi connectivity index (χ0n) is 18.6. The Morgan fingerprint density at radius 3 is 2.19 bits per heavy atom. The molecule has 170 valence electrons. The maximum Gasteiger partial charge on any atom is 0.203 e. The molecule has 0 amide bonds. The highest BCUT2D eigenvalue weighted by Crippen LogP contribution is 2.42. The summed E-state index contributed by atoms with van der Waals surface area (Å²) >= 11 is 0. The van der Waals surface area contributed by atoms with Crippen molar-refractivity contribution in [2.24, 2.45) is 0 Å². The van der Waals surface area contributed by atoms with Gasteiger partial charge in [-0.25, -0.2) is 0 Å². The predicted octanol–water partition coefficient (Wildman–Crippen LogP) is 3.03. The second kappa shape index (κ2) is 9.61. The Labute approximate surface area is 185 Å². The van der Waals surface area contributed by atoms with E-state index in [1.165, 1.54) is 28.4 Å². The molecule has 1 N–H and O–H groups in total. The Morgan fingerprint density at radius 1 is 1.03 bits per heavy atom. The van der Waals surface area contributed by atoms with Crippen LogP contribution in [0.2, 0.25) is 0 Å². The lowest BCUT2D eigenvalue weighted by Gasteiger charge is -2.15. The van der Waals surface area contributed by atoms with Gasteiger partial charge in [0.15, 0.2) is 28.6 Å². The van der Waals surface area contributed by atoms with Crippen LogP contribution in [-0.2, 0) is 11.3 Å². The first-order chi connectivity index (χ1) is 15.4. The maximum absolute atomic E-state index is 13.7. The van der Waals surface area contributed by atoms with Crippen molar-refractivity contribution in [3.8, 4) is 28.7 Å². The van der Waals surface area contributed by atoms with Gasteiger partial charge in [-0.15, -0.1) is 0 Å². The lowest BCUT2D eigenvalue weighted by molar-refractivity contribution is -0.108. The van der Waals surface area contributed by atoms with Crippen LogP contribution in [-0.4, -0.2) is 64.1 Å². The number of rotatable bonds is 10. The standard InChI is InChI=1S/C23H25NO8/c1-24(8-9-25)12-18-19(14-6-7-15(28-2)21(27)22(14)32-18)20(26)13-10-16(29-3)23(31-5)17(11-13)30-4/h6-7,9-11,27H,8,12H2,1-5H3. The largest absolute Gasteiger partial charge is 0.502 e. The summed E-state index contributed by atoms with van der Waals surface area (Å²) in [5, 5.41) is 11.0. The SMILES string of the molecule is COc1cc(C(=O)c2c(CN(C)CC=O)oc3c(O)c(OC)ccc23)cc(OC)c1OC. The molecule has 0 aliphatic carbocycles. The van der Waals surface area contributed by atoms with Crippen molar-refractivity contribution in [1.82, 2.24) is 4.90 Å². The molecule has 0 spiro atoms. The smallest absolute Gasteiger partial charge is 0.203 e. The van der Waals surface area contributed by atoms with Crippen molar-refractivity contribution < 1.29 is 38.1 Å². The molecule has 0 saturated heterocycles. The fraction of sp³-hybridized carbons (Fsp3) is 0.304. The van der Waals surface area contributed by atoms with Gasteiger partial charge in [-0.1, -0.05) is 0 Å². The van der Waals surface area contributed by atoms with Crippen molar-refractivity contribution in [2.45, 2.75) is 6.54 Å². The van der Waals surface area contributed by atoms with Crippen LogP contribution in [0.4, 0.5) is 0 Å². The molecular formula is C23H25NO8. The van der Waals surface area contributed by atoms with Crippen LogP contribution >= 0.6 is 0 Å². The minimum atomic E-state index is -0.373. The van der Waals surface area contributed by atoms with Crippen molar-refractivity contribution in [3.05, 3.63) is 41.2 Å². The number of hydrogen-bond acceptors (Lipinski definition) is 9. The number of methoxy groups -OCH3 is 4. The summed E-state index contributed by atoms with van der Waals surface area (Å²) in [7, 11) is 7.54. The highest BCUT2D eigenvalue weighted by molar-refractivity contribution is 6.18. The molecule has 0 radical (unpaired) electrons. The fourth-order valence-electron chi connectivity index (χ4n) is 3.50. The van der Waals surface area contributed by atoms with Gasteiger partial charge < -0.3 is 33.3 Å². The second-order valence-corrected chi connectivity index (χ2v) is 7.00. The number of carbonyl (C=O) groups is 2. The van der Waals surface area contributed by atoms with E-state index in [9.17, 15) is 14.7 Å². The highest BCUT2D eigenvalue weighted by atomic mass is 16.5. The molecule has 32 heavy (non-hydrogen) atoms. The number of phenolic OH excluding ortho intramolecular Hbond substituents is 1. The zero-order valence-corrected chi connectivity index (χ0v) is 18.6. The summed E-state index contributed by atoms with van der Waals surface area (Å²) in [6.45, 7) is 0.310. The van der Waals surface area contributed by atoms with E-state index in [0.717, 1.165) is 6.29 Å². The molecule has 9 heteroatoms. The van der Waals surface area contributed by atoms with Crippen LogP contribution in [0.15, 0.2) is 28.7 Å². The number of hydrogen-bond donors (Lipinski definition) is 1. The quantitative estimate of drug-likeness (QED) is 0.374. The Morgan fingerprint density at radius 2 is 1.66 bits per heavy atom. The molecule has 0 unspecified atom stereocenters. The van der Waals surface area contributed by atoms with Gasteiger partial charge in [0.1, 0.15) is 12.0 Å². The van der Waals surface area contributed by atoms with E-state index in [4.69, 9.17) is 23.4 Å². The number of benzene rings is 2. The van der Waals surface area contributed by atoms with Gasteiger partial charge in [-0.05, 0) is 31.3 Å². The summed E-state index contributed by atoms with van der Waals surface area (Å²) in [5.41, 5.74) is 0.649. The second-order valence-electron chi connectivity index (χ2n) is 7.00. The molecule has 0 aliphatic heterocycles. The van der Waals surface area contributed by atoms with Gasteiger partial charge in [-0.2, -0.15) is 0 Å². The van der Waals surface area contributed by atoms with Crippen LogP contribution in [0.5, 0.6) is 28.7 Å². The summed E-state index contributed by atoms with van der Waals surface area (Å²) in [5.74, 6) is 0.934. The molecule has 3 aromatic rings. The number of phenols is 1. The number of nitrogens with zero attached hydrogens (tertiary/aromatic N) is 1. The van der Waals surface area contributed by atoms with E-state index in [2.05, 4.69) is 0 Å². The number of carbonyl (C=O) groups excluding carboxylic acids is 2. The first kappa shape index (κ1) is 23.0. The lowest BCUT2D eigenvalue weighted by Crippen LogP contribution is -2.21. The number of ether oxygens (including phenoxy) is 4. The summed E-state index contributed by atoms with van der Waals surface area (Å²) in [6, 6.07) is 6.29. The Bertz CT molecular complexity index is 1130. The Kier molecular flexibility index (Phi) is 6.89. The van der Waals surface area contributed by atoms with Crippen LogP contribution in [0.1, 0.15) is 21.7 Å². The molecular weight excluding hydrogens is 418 g/mol. The monoisotopic (exact) mass is 443 g/mol. The third-order valence-corrected chi connectivity index (χ3v) is 5.04. The minimum absolute atomic E-state index is 0.120. The van der Waals surface area contributed by atoms with Gasteiger partial charge in [0.25, 0.3) is 0 Å². The normalized spacial score (nSPS) is 10.9. The number of aromatic hydroxyl groups is 1. The number of aldehydes is 1. The Hall–Kier alpha value is -3.72. The fourth-order valence-corrected chi connectivity index (χ4v) is 3.50. The zero-order chi connectivity index (χ0) is 23.4.